The van der Waals surface area contributed by atoms with Crippen LogP contribution in [-0.2, 0) is 4.74 Å². The molecular formula is C15H28N4O2. The Morgan fingerprint density at radius 1 is 1.19 bits per heavy atom. The molecule has 2 saturated heterocycles. The van der Waals surface area contributed by atoms with E-state index in [0.717, 1.165) is 19.0 Å². The van der Waals surface area contributed by atoms with Gasteiger partial charge >= 0.3 is 6.09 Å². The van der Waals surface area contributed by atoms with Crippen molar-refractivity contribution in [2.75, 3.05) is 26.2 Å². The molecule has 120 valence electrons. The van der Waals surface area contributed by atoms with E-state index >= 15 is 0 Å². The highest BCUT2D eigenvalue weighted by atomic mass is 16.6. The van der Waals surface area contributed by atoms with Crippen LogP contribution in [0.1, 0.15) is 40.5 Å². The van der Waals surface area contributed by atoms with Crippen LogP contribution in [0.2, 0.25) is 0 Å². The summed E-state index contributed by atoms with van der Waals surface area (Å²) in [7, 11) is 0. The SMILES string of the molecule is CC1CCN(C(N)=NC2CN(C(=O)OC(C)(C)C)C2)CC1. The molecule has 2 aliphatic rings. The molecule has 1 amide bonds. The Kier molecular flexibility index (Phi) is 4.64. The number of ether oxygens (including phenoxy) is 1. The van der Waals surface area contributed by atoms with Gasteiger partial charge < -0.3 is 20.3 Å². The second-order valence-corrected chi connectivity index (χ2v) is 7.20. The first-order valence-corrected chi connectivity index (χ1v) is 7.81. The van der Waals surface area contributed by atoms with E-state index in [1.165, 1.54) is 12.8 Å². The van der Waals surface area contributed by atoms with Gasteiger partial charge in [0.15, 0.2) is 5.96 Å². The first kappa shape index (κ1) is 15.9. The molecule has 0 saturated carbocycles. The Morgan fingerprint density at radius 2 is 1.76 bits per heavy atom. The highest BCUT2D eigenvalue weighted by molar-refractivity contribution is 5.78. The lowest BCUT2D eigenvalue weighted by atomic mass is 10.00. The van der Waals surface area contributed by atoms with Gasteiger partial charge in [-0.1, -0.05) is 6.92 Å². The first-order chi connectivity index (χ1) is 9.74. The molecular weight excluding hydrogens is 268 g/mol. The van der Waals surface area contributed by atoms with Crippen molar-refractivity contribution < 1.29 is 9.53 Å². The monoisotopic (exact) mass is 296 g/mol. The van der Waals surface area contributed by atoms with Crippen molar-refractivity contribution in [1.82, 2.24) is 9.80 Å². The van der Waals surface area contributed by atoms with Crippen LogP contribution < -0.4 is 5.73 Å². The molecule has 2 N–H and O–H groups in total. The summed E-state index contributed by atoms with van der Waals surface area (Å²) in [5.41, 5.74) is 5.62. The van der Waals surface area contributed by atoms with Crippen LogP contribution in [-0.4, -0.2) is 59.7 Å². The van der Waals surface area contributed by atoms with E-state index in [2.05, 4.69) is 16.8 Å². The third kappa shape index (κ3) is 4.51. The standard InChI is InChI=1S/C15H28N4O2/c1-11-5-7-18(8-6-11)13(16)17-12-9-19(10-12)14(20)21-15(2,3)4/h11-12H,5-10H2,1-4H3,(H2,16,17). The molecule has 0 atom stereocenters. The van der Waals surface area contributed by atoms with Crippen molar-refractivity contribution in [3.63, 3.8) is 0 Å². The average Bonchev–Trinajstić information content (AvgIpc) is 2.31. The molecule has 6 heteroatoms. The number of nitrogens with two attached hydrogens (primary N) is 1. The average molecular weight is 296 g/mol. The zero-order valence-corrected chi connectivity index (χ0v) is 13.6. The Bertz CT molecular complexity index is 402. The Labute approximate surface area is 127 Å². The summed E-state index contributed by atoms with van der Waals surface area (Å²) in [4.78, 5) is 20.2. The molecule has 6 nitrogen and oxygen atoms in total. The van der Waals surface area contributed by atoms with E-state index in [1.54, 1.807) is 4.90 Å². The number of likely N-dealkylation sites (tertiary alicyclic amines) is 2. The molecule has 21 heavy (non-hydrogen) atoms. The van der Waals surface area contributed by atoms with E-state index in [-0.39, 0.29) is 12.1 Å². The summed E-state index contributed by atoms with van der Waals surface area (Å²) >= 11 is 0. The maximum absolute atomic E-state index is 11.8. The number of amides is 1. The lowest BCUT2D eigenvalue weighted by molar-refractivity contribution is 0.00892. The van der Waals surface area contributed by atoms with Crippen LogP contribution in [0.15, 0.2) is 4.99 Å². The summed E-state index contributed by atoms with van der Waals surface area (Å²) in [5.74, 6) is 1.40. The predicted molar refractivity (Wildman–Crippen MR) is 83.2 cm³/mol. The maximum atomic E-state index is 11.8. The van der Waals surface area contributed by atoms with Crippen molar-refractivity contribution in [2.24, 2.45) is 16.6 Å². The van der Waals surface area contributed by atoms with E-state index in [4.69, 9.17) is 10.5 Å². The number of nitrogens with zero attached hydrogens (tertiary/aromatic N) is 3. The zero-order valence-electron chi connectivity index (χ0n) is 13.6. The van der Waals surface area contributed by atoms with Gasteiger partial charge in [0.1, 0.15) is 5.60 Å². The minimum atomic E-state index is -0.449. The van der Waals surface area contributed by atoms with Gasteiger partial charge in [-0.2, -0.15) is 0 Å². The molecule has 0 aromatic rings. The van der Waals surface area contributed by atoms with Gasteiger partial charge in [0, 0.05) is 26.2 Å². The molecule has 2 heterocycles. The number of hydrogen-bond acceptors (Lipinski definition) is 3. The Hall–Kier alpha value is -1.46. The van der Waals surface area contributed by atoms with E-state index in [0.29, 0.717) is 19.0 Å². The molecule has 0 spiro atoms. The van der Waals surface area contributed by atoms with Crippen molar-refractivity contribution >= 4 is 12.1 Å². The third-order valence-corrected chi connectivity index (χ3v) is 3.94. The predicted octanol–water partition coefficient (Wildman–Crippen LogP) is 1.65. The van der Waals surface area contributed by atoms with Crippen molar-refractivity contribution in [2.45, 2.75) is 52.2 Å². The minimum absolute atomic E-state index is 0.108. The molecule has 0 unspecified atom stereocenters. The quantitative estimate of drug-likeness (QED) is 0.590. The number of guanidine groups is 1. The van der Waals surface area contributed by atoms with E-state index in [1.807, 2.05) is 20.8 Å². The number of rotatable bonds is 1. The fourth-order valence-corrected chi connectivity index (χ4v) is 2.52. The fraction of sp³-hybridized carbons (Fsp3) is 0.867. The summed E-state index contributed by atoms with van der Waals surface area (Å²) in [5, 5.41) is 0. The summed E-state index contributed by atoms with van der Waals surface area (Å²) < 4.78 is 5.32. The van der Waals surface area contributed by atoms with Crippen LogP contribution in [0.4, 0.5) is 4.79 Å². The van der Waals surface area contributed by atoms with E-state index < -0.39 is 5.60 Å². The molecule has 0 aliphatic carbocycles. The summed E-state index contributed by atoms with van der Waals surface area (Å²) in [6.45, 7) is 11.0. The van der Waals surface area contributed by atoms with Crippen LogP contribution in [0.5, 0.6) is 0 Å². The molecule has 0 aromatic heterocycles. The van der Waals surface area contributed by atoms with Crippen molar-refractivity contribution in [3.8, 4) is 0 Å². The normalized spacial score (nSPS) is 22.2. The number of aliphatic imine (C=N–C) groups is 1. The maximum Gasteiger partial charge on any atom is 0.410 e. The van der Waals surface area contributed by atoms with E-state index in [9.17, 15) is 4.79 Å². The summed E-state index contributed by atoms with van der Waals surface area (Å²) in [6, 6.07) is 0.108. The van der Waals surface area contributed by atoms with Gasteiger partial charge in [0.25, 0.3) is 0 Å². The Morgan fingerprint density at radius 3 is 2.29 bits per heavy atom. The first-order valence-electron chi connectivity index (χ1n) is 7.81. The van der Waals surface area contributed by atoms with Gasteiger partial charge in [-0.15, -0.1) is 0 Å². The van der Waals surface area contributed by atoms with Crippen molar-refractivity contribution in [3.05, 3.63) is 0 Å². The van der Waals surface area contributed by atoms with Crippen LogP contribution in [0, 0.1) is 5.92 Å². The second-order valence-electron chi connectivity index (χ2n) is 7.20. The topological polar surface area (TPSA) is 71.2 Å². The highest BCUT2D eigenvalue weighted by Crippen LogP contribution is 2.19. The fourth-order valence-electron chi connectivity index (χ4n) is 2.52. The van der Waals surface area contributed by atoms with Crippen LogP contribution in [0.3, 0.4) is 0 Å². The Balaban J connectivity index is 1.76. The van der Waals surface area contributed by atoms with Crippen LogP contribution >= 0.6 is 0 Å². The van der Waals surface area contributed by atoms with Gasteiger partial charge in [-0.25, -0.2) is 9.79 Å². The number of carbonyl (C=O) groups is 1. The lowest BCUT2D eigenvalue weighted by Gasteiger charge is -2.39. The van der Waals surface area contributed by atoms with Gasteiger partial charge in [0.2, 0.25) is 0 Å². The number of piperidine rings is 1. The molecule has 2 fully saturated rings. The number of carbonyl (C=O) groups excluding carboxylic acids is 1. The highest BCUT2D eigenvalue weighted by Gasteiger charge is 2.34. The molecule has 2 rings (SSSR count). The van der Waals surface area contributed by atoms with Crippen LogP contribution in [0.25, 0.3) is 0 Å². The zero-order chi connectivity index (χ0) is 15.6. The lowest BCUT2D eigenvalue weighted by Crippen LogP contribution is -2.55. The van der Waals surface area contributed by atoms with Gasteiger partial charge in [0.05, 0.1) is 6.04 Å². The smallest absolute Gasteiger partial charge is 0.410 e. The molecule has 0 bridgehead atoms. The largest absolute Gasteiger partial charge is 0.444 e. The molecule has 0 radical (unpaired) electrons. The van der Waals surface area contributed by atoms with Gasteiger partial charge in [-0.05, 0) is 39.5 Å². The number of hydrogen-bond donors (Lipinski definition) is 1. The third-order valence-electron chi connectivity index (χ3n) is 3.94. The van der Waals surface area contributed by atoms with Gasteiger partial charge in [-0.3, -0.25) is 0 Å². The molecule has 0 aromatic carbocycles. The minimum Gasteiger partial charge on any atom is -0.444 e. The second kappa shape index (κ2) is 6.12. The molecule has 2 aliphatic heterocycles. The summed E-state index contributed by atoms with van der Waals surface area (Å²) in [6.07, 6.45) is 2.08. The van der Waals surface area contributed by atoms with Crippen molar-refractivity contribution in [1.29, 1.82) is 0 Å².